The smallest absolute Gasteiger partial charge is 0.242 e. The van der Waals surface area contributed by atoms with E-state index < -0.39 is 0 Å². The molecule has 1 atom stereocenters. The molecule has 0 bridgehead atoms. The van der Waals surface area contributed by atoms with E-state index in [2.05, 4.69) is 23.8 Å². The largest absolute Gasteiger partial charge is 0.354 e. The molecule has 4 nitrogen and oxygen atoms in total. The van der Waals surface area contributed by atoms with Crippen LogP contribution in [0.2, 0.25) is 0 Å². The van der Waals surface area contributed by atoms with Crippen molar-refractivity contribution < 1.29 is 9.59 Å². The zero-order valence-corrected chi connectivity index (χ0v) is 14.5. The molecule has 0 aromatic rings. The van der Waals surface area contributed by atoms with Crippen LogP contribution in [0, 0.1) is 0 Å². The summed E-state index contributed by atoms with van der Waals surface area (Å²) in [7, 11) is 0. The van der Waals surface area contributed by atoms with Gasteiger partial charge in [0.25, 0.3) is 0 Å². The van der Waals surface area contributed by atoms with E-state index in [-0.39, 0.29) is 17.9 Å². The molecule has 0 aliphatic rings. The topological polar surface area (TPSA) is 58.2 Å². The first-order valence-corrected chi connectivity index (χ1v) is 9.99. The minimum Gasteiger partial charge on any atom is -0.354 e. The highest BCUT2D eigenvalue weighted by atomic mass is 32.2. The van der Waals surface area contributed by atoms with Gasteiger partial charge in [-0.1, -0.05) is 13.3 Å². The van der Waals surface area contributed by atoms with Crippen molar-refractivity contribution in [3.63, 3.8) is 0 Å². The number of carbonyl (C=O) groups excluding carboxylic acids is 2. The Morgan fingerprint density at radius 2 is 1.80 bits per heavy atom. The molecule has 1 unspecified atom stereocenters. The molecule has 6 heteroatoms. The number of hydrogen-bond acceptors (Lipinski definition) is 4. The highest BCUT2D eigenvalue weighted by molar-refractivity contribution is 7.98. The number of thioether (sulfide) groups is 2. The van der Waals surface area contributed by atoms with Gasteiger partial charge >= 0.3 is 0 Å². The fourth-order valence-corrected chi connectivity index (χ4v) is 2.56. The maximum Gasteiger partial charge on any atom is 0.242 e. The molecular weight excluding hydrogens is 292 g/mol. The fourth-order valence-electron chi connectivity index (χ4n) is 1.66. The van der Waals surface area contributed by atoms with Crippen molar-refractivity contribution in [3.05, 3.63) is 0 Å². The Hall–Kier alpha value is -0.360. The summed E-state index contributed by atoms with van der Waals surface area (Å²) >= 11 is 3.46. The Morgan fingerprint density at radius 1 is 1.10 bits per heavy atom. The van der Waals surface area contributed by atoms with Gasteiger partial charge in [0.05, 0.1) is 0 Å². The molecule has 0 aromatic carbocycles. The normalized spacial score (nSPS) is 11.9. The second-order valence-corrected chi connectivity index (χ2v) is 6.61. The van der Waals surface area contributed by atoms with Crippen molar-refractivity contribution in [1.29, 1.82) is 0 Å². The van der Waals surface area contributed by atoms with E-state index in [1.807, 2.05) is 6.26 Å². The van der Waals surface area contributed by atoms with E-state index in [9.17, 15) is 9.59 Å². The van der Waals surface area contributed by atoms with Gasteiger partial charge in [0, 0.05) is 13.0 Å². The lowest BCUT2D eigenvalue weighted by atomic mass is 10.2. The van der Waals surface area contributed by atoms with Crippen LogP contribution in [0.3, 0.4) is 0 Å². The first-order valence-electron chi connectivity index (χ1n) is 7.20. The molecule has 0 fully saturated rings. The molecule has 0 aliphatic heterocycles. The molecule has 20 heavy (non-hydrogen) atoms. The van der Waals surface area contributed by atoms with Gasteiger partial charge in [0.2, 0.25) is 11.8 Å². The Kier molecular flexibility index (Phi) is 13.4. The van der Waals surface area contributed by atoms with Crippen LogP contribution in [0.5, 0.6) is 0 Å². The van der Waals surface area contributed by atoms with Crippen LogP contribution in [0.1, 0.15) is 39.0 Å². The Bertz CT molecular complexity index is 276. The van der Waals surface area contributed by atoms with Crippen LogP contribution in [0.4, 0.5) is 0 Å². The van der Waals surface area contributed by atoms with Crippen molar-refractivity contribution in [3.8, 4) is 0 Å². The minimum absolute atomic E-state index is 0.0165. The molecule has 0 radical (unpaired) electrons. The zero-order chi connectivity index (χ0) is 15.2. The SMILES string of the molecule is CCCCC(=O)NC(CCSC)C(=O)NCCCSC. The summed E-state index contributed by atoms with van der Waals surface area (Å²) in [6.45, 7) is 2.73. The average molecular weight is 321 g/mol. The summed E-state index contributed by atoms with van der Waals surface area (Å²) in [5.74, 6) is 1.84. The van der Waals surface area contributed by atoms with E-state index in [1.54, 1.807) is 23.5 Å². The van der Waals surface area contributed by atoms with E-state index in [0.717, 1.165) is 30.8 Å². The van der Waals surface area contributed by atoms with Gasteiger partial charge < -0.3 is 10.6 Å². The van der Waals surface area contributed by atoms with Crippen molar-refractivity contribution in [2.24, 2.45) is 0 Å². The van der Waals surface area contributed by atoms with Crippen LogP contribution in [0.25, 0.3) is 0 Å². The predicted molar refractivity (Wildman–Crippen MR) is 90.5 cm³/mol. The molecular formula is C14H28N2O2S2. The van der Waals surface area contributed by atoms with Gasteiger partial charge in [-0.15, -0.1) is 0 Å². The Morgan fingerprint density at radius 3 is 2.40 bits per heavy atom. The summed E-state index contributed by atoms with van der Waals surface area (Å²) in [4.78, 5) is 23.8. The highest BCUT2D eigenvalue weighted by Crippen LogP contribution is 2.03. The lowest BCUT2D eigenvalue weighted by Crippen LogP contribution is -2.47. The van der Waals surface area contributed by atoms with Crippen molar-refractivity contribution in [1.82, 2.24) is 10.6 Å². The maximum atomic E-state index is 12.1. The van der Waals surface area contributed by atoms with Crippen molar-refractivity contribution in [2.45, 2.75) is 45.1 Å². The molecule has 118 valence electrons. The first kappa shape index (κ1) is 19.6. The van der Waals surface area contributed by atoms with Gasteiger partial charge in [0.1, 0.15) is 6.04 Å². The van der Waals surface area contributed by atoms with E-state index in [4.69, 9.17) is 0 Å². The third-order valence-corrected chi connectivity index (χ3v) is 4.19. The van der Waals surface area contributed by atoms with Gasteiger partial charge in [0.15, 0.2) is 0 Å². The number of carbonyl (C=O) groups is 2. The first-order chi connectivity index (χ1) is 9.65. The molecule has 0 spiro atoms. The number of amides is 2. The van der Waals surface area contributed by atoms with Gasteiger partial charge in [-0.2, -0.15) is 23.5 Å². The summed E-state index contributed by atoms with van der Waals surface area (Å²) < 4.78 is 0. The predicted octanol–water partition coefficient (Wildman–Crippen LogP) is 2.28. The van der Waals surface area contributed by atoms with Crippen molar-refractivity contribution in [2.75, 3.05) is 30.6 Å². The maximum absolute atomic E-state index is 12.1. The molecule has 0 aliphatic carbocycles. The molecule has 0 aromatic heterocycles. The molecule has 0 saturated heterocycles. The molecule has 0 heterocycles. The van der Waals surface area contributed by atoms with E-state index in [1.165, 1.54) is 0 Å². The van der Waals surface area contributed by atoms with Gasteiger partial charge in [-0.25, -0.2) is 0 Å². The number of nitrogens with one attached hydrogen (secondary N) is 2. The second-order valence-electron chi connectivity index (χ2n) is 4.64. The average Bonchev–Trinajstić information content (AvgIpc) is 2.45. The molecule has 2 N–H and O–H groups in total. The zero-order valence-electron chi connectivity index (χ0n) is 12.9. The van der Waals surface area contributed by atoms with E-state index >= 15 is 0 Å². The van der Waals surface area contributed by atoms with Gasteiger partial charge in [-0.05, 0) is 43.3 Å². The Labute approximate surface area is 131 Å². The third kappa shape index (κ3) is 10.4. The summed E-state index contributed by atoms with van der Waals surface area (Å²) in [5, 5.41) is 5.77. The fraction of sp³-hybridized carbons (Fsp3) is 0.857. The number of rotatable bonds is 12. The summed E-state index contributed by atoms with van der Waals surface area (Å²) in [5.41, 5.74) is 0. The van der Waals surface area contributed by atoms with Crippen LogP contribution in [-0.2, 0) is 9.59 Å². The molecule has 2 amide bonds. The quantitative estimate of drug-likeness (QED) is 0.542. The highest BCUT2D eigenvalue weighted by Gasteiger charge is 2.19. The van der Waals surface area contributed by atoms with Crippen LogP contribution >= 0.6 is 23.5 Å². The number of unbranched alkanes of at least 4 members (excludes halogenated alkanes) is 1. The van der Waals surface area contributed by atoms with Crippen LogP contribution in [0.15, 0.2) is 0 Å². The lowest BCUT2D eigenvalue weighted by molar-refractivity contribution is -0.129. The van der Waals surface area contributed by atoms with Crippen LogP contribution < -0.4 is 10.6 Å². The minimum atomic E-state index is -0.388. The standard InChI is InChI=1S/C14H28N2O2S2/c1-4-5-7-13(17)16-12(8-11-20-3)14(18)15-9-6-10-19-2/h12H,4-11H2,1-3H3,(H,15,18)(H,16,17). The second kappa shape index (κ2) is 13.6. The monoisotopic (exact) mass is 320 g/mol. The number of hydrogen-bond donors (Lipinski definition) is 2. The summed E-state index contributed by atoms with van der Waals surface area (Å²) in [6, 6.07) is -0.388. The summed E-state index contributed by atoms with van der Waals surface area (Å²) in [6.07, 6.45) is 8.08. The van der Waals surface area contributed by atoms with Crippen LogP contribution in [-0.4, -0.2) is 48.4 Å². The van der Waals surface area contributed by atoms with Gasteiger partial charge in [-0.3, -0.25) is 9.59 Å². The molecule has 0 saturated carbocycles. The van der Waals surface area contributed by atoms with E-state index in [0.29, 0.717) is 19.4 Å². The molecule has 0 rings (SSSR count). The Balaban J connectivity index is 4.16. The third-order valence-electron chi connectivity index (χ3n) is 2.84. The van der Waals surface area contributed by atoms with Crippen molar-refractivity contribution >= 4 is 35.3 Å². The lowest BCUT2D eigenvalue weighted by Gasteiger charge is -2.18.